The molecule has 4 N–H and O–H groups in total. The van der Waals surface area contributed by atoms with Gasteiger partial charge in [-0.2, -0.15) is 0 Å². The molecule has 1 aliphatic heterocycles. The van der Waals surface area contributed by atoms with Gasteiger partial charge in [-0.15, -0.1) is 16.8 Å². The van der Waals surface area contributed by atoms with Crippen LogP contribution in [0.25, 0.3) is 21.6 Å². The number of ether oxygens (including phenoxy) is 3. The number of alkyl carbamates (subject to hydrolysis) is 1. The first kappa shape index (κ1) is 39.5. The number of anilines is 1. The summed E-state index contributed by atoms with van der Waals surface area (Å²) in [6.07, 6.45) is 2.84. The van der Waals surface area contributed by atoms with Gasteiger partial charge in [-0.25, -0.2) is 14.6 Å². The number of hydrogen-bond acceptors (Lipinski definition) is 12. The monoisotopic (exact) mass is 809 g/mol. The number of likely N-dealkylation sites (tertiary alicyclic amines) is 1. The number of carbonyl (C=O) groups excluding carboxylic acids is 3. The highest BCUT2D eigenvalue weighted by Gasteiger charge is 2.61. The lowest BCUT2D eigenvalue weighted by atomic mass is 9.85. The van der Waals surface area contributed by atoms with Crippen LogP contribution in [-0.4, -0.2) is 98.6 Å². The van der Waals surface area contributed by atoms with Crippen LogP contribution in [0.5, 0.6) is 11.5 Å². The third-order valence-electron chi connectivity index (χ3n) is 11.1. The van der Waals surface area contributed by atoms with Crippen molar-refractivity contribution in [1.82, 2.24) is 30.7 Å². The average molecular weight is 810 g/mol. The summed E-state index contributed by atoms with van der Waals surface area (Å²) in [6, 6.07) is 3.08. The number of aliphatic carboxylic acids is 1. The number of carboxylic acids is 1. The second-order valence-electron chi connectivity index (χ2n) is 16.7. The molecule has 17 heteroatoms. The van der Waals surface area contributed by atoms with Crippen molar-refractivity contribution >= 4 is 62.8 Å². The van der Waals surface area contributed by atoms with Crippen LogP contribution in [0.4, 0.5) is 9.93 Å². The van der Waals surface area contributed by atoms with Crippen molar-refractivity contribution in [2.24, 2.45) is 23.2 Å². The van der Waals surface area contributed by atoms with Gasteiger partial charge < -0.3 is 40.2 Å². The summed E-state index contributed by atoms with van der Waals surface area (Å²) in [7, 11) is 1.50. The third kappa shape index (κ3) is 7.82. The normalized spacial score (nSPS) is 27.0. The summed E-state index contributed by atoms with van der Waals surface area (Å²) >= 11 is 8.10. The van der Waals surface area contributed by atoms with Crippen molar-refractivity contribution in [3.63, 3.8) is 0 Å². The molecule has 1 unspecified atom stereocenters. The minimum Gasteiger partial charge on any atom is -0.495 e. The zero-order valence-corrected chi connectivity index (χ0v) is 33.8. The Morgan fingerprint density at radius 1 is 1.09 bits per heavy atom. The Morgan fingerprint density at radius 2 is 1.82 bits per heavy atom. The highest BCUT2D eigenvalue weighted by atomic mass is 35.5. The van der Waals surface area contributed by atoms with Crippen molar-refractivity contribution in [3.8, 4) is 22.2 Å². The fourth-order valence-electron chi connectivity index (χ4n) is 7.95. The van der Waals surface area contributed by atoms with E-state index in [1.54, 1.807) is 18.2 Å². The molecule has 4 aliphatic rings. The van der Waals surface area contributed by atoms with E-state index in [-0.39, 0.29) is 36.6 Å². The lowest BCUT2D eigenvalue weighted by Crippen LogP contribution is -2.59. The van der Waals surface area contributed by atoms with Gasteiger partial charge in [0.05, 0.1) is 19.2 Å². The van der Waals surface area contributed by atoms with Crippen molar-refractivity contribution in [2.75, 3.05) is 19.0 Å². The maximum absolute atomic E-state index is 14.6. The fourth-order valence-corrected chi connectivity index (χ4v) is 9.09. The summed E-state index contributed by atoms with van der Waals surface area (Å²) in [5.41, 5.74) is -1.51. The lowest BCUT2D eigenvalue weighted by Gasteiger charge is -2.35. The maximum Gasteiger partial charge on any atom is 0.408 e. The molecule has 0 bridgehead atoms. The molecule has 0 radical (unpaired) electrons. The molecule has 3 aliphatic carbocycles. The molecule has 1 aromatic carbocycles. The number of carbonyl (C=O) groups is 4. The van der Waals surface area contributed by atoms with E-state index in [1.165, 1.54) is 35.8 Å². The number of benzene rings is 1. The quantitative estimate of drug-likeness (QED) is 0.155. The number of rotatable bonds is 13. The molecule has 3 saturated carbocycles. The van der Waals surface area contributed by atoms with Gasteiger partial charge in [0.1, 0.15) is 52.0 Å². The lowest BCUT2D eigenvalue weighted by molar-refractivity contribution is -0.146. The molecular formula is C39H48ClN7O8S. The third-order valence-corrected chi connectivity index (χ3v) is 12.4. The summed E-state index contributed by atoms with van der Waals surface area (Å²) in [5.74, 6) is -0.877. The van der Waals surface area contributed by atoms with Crippen LogP contribution in [0.15, 0.2) is 30.9 Å². The number of methoxy groups -OCH3 is 1. The second kappa shape index (κ2) is 15.0. The highest BCUT2D eigenvalue weighted by molar-refractivity contribution is 7.18. The number of nitrogens with zero attached hydrogens (tertiary/aromatic N) is 4. The van der Waals surface area contributed by atoms with Crippen molar-refractivity contribution < 1.29 is 38.5 Å². The van der Waals surface area contributed by atoms with E-state index in [2.05, 4.69) is 32.7 Å². The zero-order valence-electron chi connectivity index (χ0n) is 32.3. The molecule has 1 saturated heterocycles. The summed E-state index contributed by atoms with van der Waals surface area (Å²) in [6.45, 7) is 13.1. The Bertz CT molecular complexity index is 2060. The van der Waals surface area contributed by atoms with E-state index in [4.69, 9.17) is 30.8 Å². The Labute approximate surface area is 333 Å². The molecule has 0 spiro atoms. The van der Waals surface area contributed by atoms with Crippen LogP contribution >= 0.6 is 22.9 Å². The minimum atomic E-state index is -1.53. The van der Waals surface area contributed by atoms with Gasteiger partial charge in [0.25, 0.3) is 0 Å². The standard InChI is InChI=1S/C39H48ClN7O8S/c1-8-21-16-39(21,35(50)51)44-32(48)26-14-23(17-47(26)34(49)31(38(4,5)6)43-37(52)55-22-12-19-11-20(19)13-22)54-28-15-25(33-45-46-36(56-33)41-18(2)3)42-30-24(28)9-10-27(53-7)29(30)40/h8-10,15,18-23,26,31H,1,11-14,16-17H2,2-7H3,(H,41,46)(H,43,52)(H,44,48)(H,50,51)/t19-,20+,21-,22+,23-,26+,31?,39-/m1/s1. The van der Waals surface area contributed by atoms with Gasteiger partial charge in [-0.1, -0.05) is 49.8 Å². The molecule has 56 heavy (non-hydrogen) atoms. The first-order chi connectivity index (χ1) is 26.5. The van der Waals surface area contributed by atoms with E-state index < -0.39 is 58.9 Å². The molecule has 4 fully saturated rings. The number of fused-ring (bicyclic) bond motifs is 2. The molecule has 7 rings (SSSR count). The largest absolute Gasteiger partial charge is 0.495 e. The Kier molecular flexibility index (Phi) is 10.6. The van der Waals surface area contributed by atoms with Gasteiger partial charge in [0.2, 0.25) is 16.9 Å². The van der Waals surface area contributed by atoms with E-state index in [0.29, 0.717) is 50.1 Å². The van der Waals surface area contributed by atoms with Crippen LogP contribution in [0.2, 0.25) is 5.02 Å². The van der Waals surface area contributed by atoms with Gasteiger partial charge in [0.15, 0.2) is 5.01 Å². The average Bonchev–Trinajstić information content (AvgIpc) is 3.80. The molecule has 8 atom stereocenters. The Balaban J connectivity index is 1.20. The van der Waals surface area contributed by atoms with E-state index in [9.17, 15) is 24.3 Å². The van der Waals surface area contributed by atoms with Crippen LogP contribution in [0.1, 0.15) is 66.7 Å². The fraction of sp³-hybridized carbons (Fsp3) is 0.564. The molecule has 2 aromatic heterocycles. The zero-order chi connectivity index (χ0) is 40.3. The number of aromatic nitrogens is 3. The highest BCUT2D eigenvalue weighted by Crippen LogP contribution is 2.52. The molecule has 15 nitrogen and oxygen atoms in total. The van der Waals surface area contributed by atoms with Crippen molar-refractivity contribution in [1.29, 1.82) is 0 Å². The smallest absolute Gasteiger partial charge is 0.408 e. The summed E-state index contributed by atoms with van der Waals surface area (Å²) < 4.78 is 17.9. The number of pyridine rings is 1. The summed E-state index contributed by atoms with van der Waals surface area (Å²) in [4.78, 5) is 60.6. The minimum absolute atomic E-state index is 0.0164. The van der Waals surface area contributed by atoms with Crippen LogP contribution < -0.4 is 25.4 Å². The van der Waals surface area contributed by atoms with Crippen molar-refractivity contribution in [3.05, 3.63) is 35.9 Å². The molecule has 3 amide bonds. The van der Waals surface area contributed by atoms with Gasteiger partial charge in [-0.3, -0.25) is 9.59 Å². The van der Waals surface area contributed by atoms with Gasteiger partial charge in [0, 0.05) is 29.8 Å². The van der Waals surface area contributed by atoms with Crippen molar-refractivity contribution in [2.45, 2.75) is 103 Å². The van der Waals surface area contributed by atoms with E-state index in [1.807, 2.05) is 34.6 Å². The predicted octanol–water partition coefficient (Wildman–Crippen LogP) is 5.67. The second-order valence-corrected chi connectivity index (χ2v) is 18.0. The Hall–Kier alpha value is -4.70. The number of nitrogens with one attached hydrogen (secondary N) is 3. The van der Waals surface area contributed by atoms with Crippen LogP contribution in [-0.2, 0) is 19.1 Å². The van der Waals surface area contributed by atoms with Crippen LogP contribution in [0.3, 0.4) is 0 Å². The molecule has 3 aromatic rings. The first-order valence-corrected chi connectivity index (χ1v) is 20.1. The number of halogens is 1. The molecule has 300 valence electrons. The number of amides is 3. The maximum atomic E-state index is 14.6. The van der Waals surface area contributed by atoms with E-state index >= 15 is 0 Å². The van der Waals surface area contributed by atoms with Gasteiger partial charge in [-0.05, 0) is 68.9 Å². The molecular weight excluding hydrogens is 762 g/mol. The number of carboxylic acid groups (broad SMARTS) is 1. The van der Waals surface area contributed by atoms with Gasteiger partial charge >= 0.3 is 12.1 Å². The predicted molar refractivity (Wildman–Crippen MR) is 210 cm³/mol. The van der Waals surface area contributed by atoms with Crippen LogP contribution in [0, 0.1) is 23.2 Å². The summed E-state index contributed by atoms with van der Waals surface area (Å²) in [5, 5.41) is 29.4. The van der Waals surface area contributed by atoms with E-state index in [0.717, 1.165) is 12.8 Å². The Morgan fingerprint density at radius 3 is 2.45 bits per heavy atom. The number of hydrogen-bond donors (Lipinski definition) is 4. The topological polar surface area (TPSA) is 194 Å². The first-order valence-electron chi connectivity index (χ1n) is 18.9. The molecule has 3 heterocycles. The SMILES string of the molecule is C=C[C@@H]1C[C@]1(NC(=O)[C@@H]1C[C@@H](Oc2cc(-c3nnc(NC(C)C)s3)nc3c(Cl)c(OC)ccc23)CN1C(=O)C(NC(=O)O[C@@H]1C[C@@H]2C[C@@H]2C1)C(C)(C)C)C(=O)O.